The smallest absolute Gasteiger partial charge is 0.338 e. The first-order chi connectivity index (χ1) is 10.5. The zero-order valence-electron chi connectivity index (χ0n) is 13.0. The second kappa shape index (κ2) is 6.98. The van der Waals surface area contributed by atoms with E-state index in [0.717, 1.165) is 12.0 Å². The summed E-state index contributed by atoms with van der Waals surface area (Å²) < 4.78 is 6.77. The van der Waals surface area contributed by atoms with Crippen molar-refractivity contribution in [1.29, 1.82) is 0 Å². The van der Waals surface area contributed by atoms with Gasteiger partial charge in [0.15, 0.2) is 11.5 Å². The number of ketones is 1. The topological polar surface area (TPSA) is 74.1 Å². The average Bonchev–Trinajstić information content (AvgIpc) is 2.86. The molecule has 0 fully saturated rings. The summed E-state index contributed by atoms with van der Waals surface area (Å²) in [5.74, 6) is -0.441. The highest BCUT2D eigenvalue weighted by Gasteiger charge is 2.13. The van der Waals surface area contributed by atoms with Crippen molar-refractivity contribution in [3.05, 3.63) is 46.8 Å². The summed E-state index contributed by atoms with van der Waals surface area (Å²) in [6.07, 6.45) is 0.789. The number of rotatable bonds is 6. The van der Waals surface area contributed by atoms with Crippen LogP contribution in [0, 0.1) is 6.92 Å². The van der Waals surface area contributed by atoms with Crippen LogP contribution in [-0.2, 0) is 11.3 Å². The highest BCUT2D eigenvalue weighted by Crippen LogP contribution is 2.11. The first-order valence-corrected chi connectivity index (χ1v) is 7.20. The fourth-order valence-electron chi connectivity index (χ4n) is 2.08. The third-order valence-electron chi connectivity index (χ3n) is 3.25. The van der Waals surface area contributed by atoms with E-state index in [1.165, 1.54) is 6.92 Å². The predicted molar refractivity (Wildman–Crippen MR) is 80.9 cm³/mol. The molecule has 2 rings (SSSR count). The molecule has 22 heavy (non-hydrogen) atoms. The van der Waals surface area contributed by atoms with Gasteiger partial charge in [-0.15, -0.1) is 5.10 Å². The van der Waals surface area contributed by atoms with E-state index in [0.29, 0.717) is 30.1 Å². The van der Waals surface area contributed by atoms with E-state index in [4.69, 9.17) is 4.74 Å². The van der Waals surface area contributed by atoms with Gasteiger partial charge in [-0.3, -0.25) is 4.79 Å². The molecule has 116 valence electrons. The van der Waals surface area contributed by atoms with E-state index in [2.05, 4.69) is 10.3 Å². The first-order valence-electron chi connectivity index (χ1n) is 7.20. The van der Waals surface area contributed by atoms with Gasteiger partial charge < -0.3 is 4.74 Å². The van der Waals surface area contributed by atoms with Crippen LogP contribution in [0.2, 0.25) is 0 Å². The van der Waals surface area contributed by atoms with Crippen molar-refractivity contribution in [2.45, 2.75) is 33.7 Å². The Hall–Kier alpha value is -2.50. The first kappa shape index (κ1) is 15.9. The lowest BCUT2D eigenvalue weighted by Crippen LogP contribution is -2.08. The third-order valence-corrected chi connectivity index (χ3v) is 3.25. The minimum atomic E-state index is -0.330. The maximum Gasteiger partial charge on any atom is 0.338 e. The molecule has 0 radical (unpaired) electrons. The Morgan fingerprint density at radius 2 is 2.09 bits per heavy atom. The van der Waals surface area contributed by atoms with Gasteiger partial charge in [0.25, 0.3) is 0 Å². The molecule has 1 aromatic carbocycles. The van der Waals surface area contributed by atoms with Crippen molar-refractivity contribution in [2.24, 2.45) is 0 Å². The standard InChI is InChI=1S/C16H19N3O3/c1-4-8-22-16(21)14-7-5-6-13(9-14)10-19-11(2)15(12(3)20)17-18-19/h5-7,9H,4,8,10H2,1-3H3. The number of hydrogen-bond acceptors (Lipinski definition) is 5. The van der Waals surface area contributed by atoms with Crippen molar-refractivity contribution in [3.8, 4) is 0 Å². The zero-order chi connectivity index (χ0) is 16.1. The van der Waals surface area contributed by atoms with Gasteiger partial charge in [0.1, 0.15) is 0 Å². The number of Topliss-reactive ketones (excluding diaryl/α,β-unsaturated/α-hetero) is 1. The zero-order valence-corrected chi connectivity index (χ0v) is 13.0. The Kier molecular flexibility index (Phi) is 5.04. The van der Waals surface area contributed by atoms with Crippen LogP contribution in [0.3, 0.4) is 0 Å². The van der Waals surface area contributed by atoms with Crippen molar-refractivity contribution in [1.82, 2.24) is 15.0 Å². The van der Waals surface area contributed by atoms with Crippen molar-refractivity contribution in [3.63, 3.8) is 0 Å². The Morgan fingerprint density at radius 3 is 2.73 bits per heavy atom. The van der Waals surface area contributed by atoms with E-state index >= 15 is 0 Å². The maximum absolute atomic E-state index is 11.9. The number of benzene rings is 1. The maximum atomic E-state index is 11.9. The molecule has 0 N–H and O–H groups in total. The number of hydrogen-bond donors (Lipinski definition) is 0. The molecule has 0 aliphatic carbocycles. The third kappa shape index (κ3) is 3.58. The largest absolute Gasteiger partial charge is 0.462 e. The van der Waals surface area contributed by atoms with Gasteiger partial charge in [0, 0.05) is 6.92 Å². The quantitative estimate of drug-likeness (QED) is 0.605. The van der Waals surface area contributed by atoms with E-state index in [9.17, 15) is 9.59 Å². The van der Waals surface area contributed by atoms with Crippen molar-refractivity contribution in [2.75, 3.05) is 6.61 Å². The van der Waals surface area contributed by atoms with Crippen LogP contribution in [0.25, 0.3) is 0 Å². The fraction of sp³-hybridized carbons (Fsp3) is 0.375. The normalized spacial score (nSPS) is 10.5. The molecular weight excluding hydrogens is 282 g/mol. The van der Waals surface area contributed by atoms with Gasteiger partial charge in [0.2, 0.25) is 0 Å². The van der Waals surface area contributed by atoms with Gasteiger partial charge in [-0.2, -0.15) is 0 Å². The number of nitrogens with zero attached hydrogens (tertiary/aromatic N) is 3. The minimum Gasteiger partial charge on any atom is -0.462 e. The average molecular weight is 301 g/mol. The fourth-order valence-corrected chi connectivity index (χ4v) is 2.08. The summed E-state index contributed by atoms with van der Waals surface area (Å²) in [6.45, 7) is 6.07. The Balaban J connectivity index is 2.17. The minimum absolute atomic E-state index is 0.111. The van der Waals surface area contributed by atoms with Gasteiger partial charge >= 0.3 is 5.97 Å². The molecule has 0 saturated carbocycles. The molecule has 0 aliphatic rings. The summed E-state index contributed by atoms with van der Waals surface area (Å²) in [5.41, 5.74) is 2.49. The van der Waals surface area contributed by atoms with Gasteiger partial charge in [-0.25, -0.2) is 9.48 Å². The van der Waals surface area contributed by atoms with Crippen LogP contribution < -0.4 is 0 Å². The van der Waals surface area contributed by atoms with Crippen molar-refractivity contribution >= 4 is 11.8 Å². The molecular formula is C16H19N3O3. The monoisotopic (exact) mass is 301 g/mol. The highest BCUT2D eigenvalue weighted by molar-refractivity contribution is 5.93. The van der Waals surface area contributed by atoms with Crippen LogP contribution in [0.15, 0.2) is 24.3 Å². The lowest BCUT2D eigenvalue weighted by Gasteiger charge is -2.07. The van der Waals surface area contributed by atoms with Crippen LogP contribution >= 0.6 is 0 Å². The molecule has 1 aromatic heterocycles. The molecule has 0 aliphatic heterocycles. The number of esters is 1. The van der Waals surface area contributed by atoms with Crippen LogP contribution in [-0.4, -0.2) is 33.4 Å². The lowest BCUT2D eigenvalue weighted by atomic mass is 10.1. The summed E-state index contributed by atoms with van der Waals surface area (Å²) in [6, 6.07) is 7.18. The summed E-state index contributed by atoms with van der Waals surface area (Å²) >= 11 is 0. The van der Waals surface area contributed by atoms with E-state index in [-0.39, 0.29) is 11.8 Å². The number of aromatic nitrogens is 3. The molecule has 2 aromatic rings. The molecule has 0 saturated heterocycles. The summed E-state index contributed by atoms with van der Waals surface area (Å²) in [4.78, 5) is 23.3. The lowest BCUT2D eigenvalue weighted by molar-refractivity contribution is 0.0505. The Bertz CT molecular complexity index is 692. The van der Waals surface area contributed by atoms with Gasteiger partial charge in [-0.1, -0.05) is 24.3 Å². The molecule has 0 bridgehead atoms. The SMILES string of the molecule is CCCOC(=O)c1cccc(Cn2nnc(C(C)=O)c2C)c1. The second-order valence-corrected chi connectivity index (χ2v) is 5.07. The Morgan fingerprint density at radius 1 is 1.32 bits per heavy atom. The van der Waals surface area contributed by atoms with E-state index in [1.54, 1.807) is 29.8 Å². The van der Waals surface area contributed by atoms with Crippen LogP contribution in [0.5, 0.6) is 0 Å². The molecule has 0 atom stereocenters. The number of ether oxygens (including phenoxy) is 1. The summed E-state index contributed by atoms with van der Waals surface area (Å²) in [5, 5.41) is 7.87. The number of carbonyl (C=O) groups is 2. The molecule has 0 unspecified atom stereocenters. The van der Waals surface area contributed by atoms with Crippen LogP contribution in [0.4, 0.5) is 0 Å². The van der Waals surface area contributed by atoms with Gasteiger partial charge in [-0.05, 0) is 31.0 Å². The van der Waals surface area contributed by atoms with Gasteiger partial charge in [0.05, 0.1) is 24.4 Å². The van der Waals surface area contributed by atoms with E-state index < -0.39 is 0 Å². The molecule has 6 heteroatoms. The molecule has 0 amide bonds. The number of carbonyl (C=O) groups excluding carboxylic acids is 2. The van der Waals surface area contributed by atoms with Crippen LogP contribution in [0.1, 0.15) is 52.4 Å². The molecule has 6 nitrogen and oxygen atoms in total. The second-order valence-electron chi connectivity index (χ2n) is 5.07. The predicted octanol–water partition coefficient (Wildman–Crippen LogP) is 2.40. The Labute approximate surface area is 129 Å². The molecule has 0 spiro atoms. The van der Waals surface area contributed by atoms with E-state index in [1.807, 2.05) is 13.0 Å². The highest BCUT2D eigenvalue weighted by atomic mass is 16.5. The molecule has 1 heterocycles. The van der Waals surface area contributed by atoms with Crippen molar-refractivity contribution < 1.29 is 14.3 Å². The summed E-state index contributed by atoms with van der Waals surface area (Å²) in [7, 11) is 0.